The maximum Gasteiger partial charge on any atom is 0.335 e. The Morgan fingerprint density at radius 3 is 2.43 bits per heavy atom. The first-order valence-corrected chi connectivity index (χ1v) is 8.75. The van der Waals surface area contributed by atoms with Crippen LogP contribution in [0.25, 0.3) is 16.9 Å². The van der Waals surface area contributed by atoms with E-state index in [0.717, 1.165) is 16.8 Å². The molecule has 1 amide bonds. The van der Waals surface area contributed by atoms with Gasteiger partial charge in [0.25, 0.3) is 5.91 Å². The van der Waals surface area contributed by atoms with Gasteiger partial charge in [-0.15, -0.1) is 0 Å². The first kappa shape index (κ1) is 17.5. The van der Waals surface area contributed by atoms with Crippen LogP contribution >= 0.6 is 0 Å². The van der Waals surface area contributed by atoms with Crippen LogP contribution in [-0.4, -0.2) is 26.4 Å². The van der Waals surface area contributed by atoms with Crippen molar-refractivity contribution in [3.8, 4) is 11.3 Å². The molecule has 0 aliphatic carbocycles. The number of aromatic carboxylic acids is 1. The van der Waals surface area contributed by atoms with Crippen LogP contribution < -0.4 is 5.32 Å². The molecule has 0 aliphatic heterocycles. The lowest BCUT2D eigenvalue weighted by Crippen LogP contribution is -2.22. The van der Waals surface area contributed by atoms with Crippen LogP contribution in [0.15, 0.2) is 79.1 Å². The van der Waals surface area contributed by atoms with Crippen molar-refractivity contribution < 1.29 is 14.7 Å². The van der Waals surface area contributed by atoms with Crippen molar-refractivity contribution in [2.45, 2.75) is 6.54 Å². The number of nitrogens with one attached hydrogen (secondary N) is 1. The number of hydrogen-bond donors (Lipinski definition) is 2. The fraction of sp³-hybridized carbons (Fsp3) is 0.0455. The number of hydrogen-bond acceptors (Lipinski definition) is 3. The third kappa shape index (κ3) is 3.61. The Kier molecular flexibility index (Phi) is 4.60. The maximum atomic E-state index is 12.5. The molecule has 2 N–H and O–H groups in total. The van der Waals surface area contributed by atoms with Gasteiger partial charge >= 0.3 is 5.97 Å². The molecular weight excluding hydrogens is 354 g/mol. The number of carbonyl (C=O) groups is 2. The fourth-order valence-corrected chi connectivity index (χ4v) is 2.92. The zero-order chi connectivity index (χ0) is 19.5. The van der Waals surface area contributed by atoms with Crippen LogP contribution in [0.4, 0.5) is 0 Å². The van der Waals surface area contributed by atoms with E-state index in [9.17, 15) is 9.59 Å². The number of carboxylic acids is 1. The Labute approximate surface area is 161 Å². The fourth-order valence-electron chi connectivity index (χ4n) is 2.92. The topological polar surface area (TPSA) is 83.7 Å². The molecule has 0 saturated heterocycles. The molecule has 0 fully saturated rings. The molecule has 6 heteroatoms. The predicted octanol–water partition coefficient (Wildman–Crippen LogP) is 3.63. The summed E-state index contributed by atoms with van der Waals surface area (Å²) in [5.41, 5.74) is 4.11. The van der Waals surface area contributed by atoms with Gasteiger partial charge in [0.15, 0.2) is 0 Å². The summed E-state index contributed by atoms with van der Waals surface area (Å²) >= 11 is 0. The number of carbonyl (C=O) groups excluding carboxylic acids is 1. The summed E-state index contributed by atoms with van der Waals surface area (Å²) in [5, 5.41) is 11.8. The van der Waals surface area contributed by atoms with Gasteiger partial charge in [-0.25, -0.2) is 9.78 Å². The minimum atomic E-state index is -0.974. The Morgan fingerprint density at radius 1 is 0.964 bits per heavy atom. The maximum absolute atomic E-state index is 12.5. The second kappa shape index (κ2) is 7.36. The minimum Gasteiger partial charge on any atom is -0.478 e. The number of carboxylic acid groups (broad SMARTS) is 1. The first-order valence-electron chi connectivity index (χ1n) is 8.75. The van der Waals surface area contributed by atoms with E-state index in [1.807, 2.05) is 47.1 Å². The highest BCUT2D eigenvalue weighted by Crippen LogP contribution is 2.19. The van der Waals surface area contributed by atoms with E-state index in [1.54, 1.807) is 24.3 Å². The molecule has 0 unspecified atom stereocenters. The number of amides is 1. The number of aromatic nitrogens is 2. The first-order chi connectivity index (χ1) is 13.6. The van der Waals surface area contributed by atoms with E-state index >= 15 is 0 Å². The molecule has 0 saturated carbocycles. The van der Waals surface area contributed by atoms with Crippen molar-refractivity contribution in [2.75, 3.05) is 0 Å². The lowest BCUT2D eigenvalue weighted by Gasteiger charge is -2.06. The van der Waals surface area contributed by atoms with Gasteiger partial charge in [0.1, 0.15) is 5.65 Å². The van der Waals surface area contributed by atoms with Gasteiger partial charge in [-0.05, 0) is 29.8 Å². The summed E-state index contributed by atoms with van der Waals surface area (Å²) in [6.07, 6.45) is 3.74. The van der Waals surface area contributed by atoms with E-state index in [0.29, 0.717) is 17.8 Å². The number of benzene rings is 2. The van der Waals surface area contributed by atoms with Gasteiger partial charge in [0.05, 0.1) is 11.3 Å². The van der Waals surface area contributed by atoms with E-state index < -0.39 is 5.97 Å². The molecule has 2 aromatic heterocycles. The van der Waals surface area contributed by atoms with Gasteiger partial charge in [-0.2, -0.15) is 0 Å². The van der Waals surface area contributed by atoms with Crippen LogP contribution in [-0.2, 0) is 6.54 Å². The molecular formula is C22H17N3O3. The quantitative estimate of drug-likeness (QED) is 0.561. The lowest BCUT2D eigenvalue weighted by molar-refractivity contribution is 0.0696. The molecule has 0 atom stereocenters. The standard InChI is InChI=1S/C22H17N3O3/c26-21(23-13-15-6-8-17(9-7-15)22(27)28)18-10-11-25-14-19(24-20(25)12-18)16-4-2-1-3-5-16/h1-12,14H,13H2,(H,23,26)(H,27,28). The molecule has 0 bridgehead atoms. The summed E-state index contributed by atoms with van der Waals surface area (Å²) in [6, 6.07) is 19.8. The van der Waals surface area contributed by atoms with Gasteiger partial charge in [-0.3, -0.25) is 4.79 Å². The second-order valence-electron chi connectivity index (χ2n) is 6.36. The Hall–Kier alpha value is -3.93. The lowest BCUT2D eigenvalue weighted by atomic mass is 10.1. The van der Waals surface area contributed by atoms with Gasteiger partial charge in [0, 0.05) is 30.1 Å². The molecule has 2 heterocycles. The Balaban J connectivity index is 1.49. The van der Waals surface area contributed by atoms with Gasteiger partial charge in [0.2, 0.25) is 0 Å². The molecule has 0 radical (unpaired) electrons. The normalized spacial score (nSPS) is 10.7. The summed E-state index contributed by atoms with van der Waals surface area (Å²) in [6.45, 7) is 0.313. The highest BCUT2D eigenvalue weighted by molar-refractivity contribution is 5.95. The highest BCUT2D eigenvalue weighted by atomic mass is 16.4. The molecule has 28 heavy (non-hydrogen) atoms. The van der Waals surface area contributed by atoms with Crippen LogP contribution in [0.3, 0.4) is 0 Å². The van der Waals surface area contributed by atoms with E-state index in [4.69, 9.17) is 5.11 Å². The van der Waals surface area contributed by atoms with Crippen molar-refractivity contribution in [3.05, 3.63) is 95.8 Å². The van der Waals surface area contributed by atoms with Gasteiger partial charge < -0.3 is 14.8 Å². The Morgan fingerprint density at radius 2 is 1.71 bits per heavy atom. The average Bonchev–Trinajstić information content (AvgIpc) is 3.16. The van der Waals surface area contributed by atoms with Crippen molar-refractivity contribution in [2.24, 2.45) is 0 Å². The molecule has 4 aromatic rings. The molecule has 0 spiro atoms. The second-order valence-corrected chi connectivity index (χ2v) is 6.36. The summed E-state index contributed by atoms with van der Waals surface area (Å²) < 4.78 is 1.88. The number of fused-ring (bicyclic) bond motifs is 1. The van der Waals surface area contributed by atoms with Crippen molar-refractivity contribution >= 4 is 17.5 Å². The van der Waals surface area contributed by atoms with Crippen LogP contribution in [0, 0.1) is 0 Å². The largest absolute Gasteiger partial charge is 0.478 e. The minimum absolute atomic E-state index is 0.214. The summed E-state index contributed by atoms with van der Waals surface area (Å²) in [5.74, 6) is -1.19. The summed E-state index contributed by atoms with van der Waals surface area (Å²) in [4.78, 5) is 28.0. The molecule has 4 rings (SSSR count). The van der Waals surface area contributed by atoms with E-state index in [-0.39, 0.29) is 11.5 Å². The molecule has 6 nitrogen and oxygen atoms in total. The average molecular weight is 371 g/mol. The van der Waals surface area contributed by atoms with E-state index in [1.165, 1.54) is 12.1 Å². The van der Waals surface area contributed by atoms with E-state index in [2.05, 4.69) is 10.3 Å². The number of pyridine rings is 1. The number of nitrogens with zero attached hydrogens (tertiary/aromatic N) is 2. The Bertz CT molecular complexity index is 1150. The zero-order valence-corrected chi connectivity index (χ0v) is 14.9. The van der Waals surface area contributed by atoms with Crippen LogP contribution in [0.2, 0.25) is 0 Å². The third-order valence-corrected chi connectivity index (χ3v) is 4.45. The summed E-state index contributed by atoms with van der Waals surface area (Å²) in [7, 11) is 0. The van der Waals surface area contributed by atoms with Crippen molar-refractivity contribution in [1.82, 2.24) is 14.7 Å². The van der Waals surface area contributed by atoms with Crippen LogP contribution in [0.1, 0.15) is 26.3 Å². The van der Waals surface area contributed by atoms with Crippen molar-refractivity contribution in [3.63, 3.8) is 0 Å². The van der Waals surface area contributed by atoms with Gasteiger partial charge in [-0.1, -0.05) is 42.5 Å². The SMILES string of the molecule is O=C(O)c1ccc(CNC(=O)c2ccn3cc(-c4ccccc4)nc3c2)cc1. The number of rotatable bonds is 5. The highest BCUT2D eigenvalue weighted by Gasteiger charge is 2.10. The van der Waals surface area contributed by atoms with Crippen LogP contribution in [0.5, 0.6) is 0 Å². The van der Waals surface area contributed by atoms with Crippen molar-refractivity contribution in [1.29, 1.82) is 0 Å². The molecule has 0 aliphatic rings. The monoisotopic (exact) mass is 371 g/mol. The third-order valence-electron chi connectivity index (χ3n) is 4.45. The predicted molar refractivity (Wildman–Crippen MR) is 105 cm³/mol. The smallest absolute Gasteiger partial charge is 0.335 e. The molecule has 138 valence electrons. The zero-order valence-electron chi connectivity index (χ0n) is 14.9. The number of imidazole rings is 1. The molecule has 2 aromatic carbocycles.